The lowest BCUT2D eigenvalue weighted by Gasteiger charge is -2.45. The van der Waals surface area contributed by atoms with Crippen LogP contribution in [0, 0.1) is 11.3 Å². The average molecular weight is 318 g/mol. The summed E-state index contributed by atoms with van der Waals surface area (Å²) in [6, 6.07) is 10.6. The second-order valence-corrected chi connectivity index (χ2v) is 7.19. The van der Waals surface area contributed by atoms with Gasteiger partial charge in [-0.05, 0) is 17.9 Å². The van der Waals surface area contributed by atoms with E-state index in [-0.39, 0.29) is 23.3 Å². The summed E-state index contributed by atoms with van der Waals surface area (Å²) >= 11 is 0. The van der Waals surface area contributed by atoms with Crippen molar-refractivity contribution < 1.29 is 14.4 Å². The number of carbonyl (C=O) groups is 1. The summed E-state index contributed by atoms with van der Waals surface area (Å²) in [6.07, 6.45) is -0.516. The summed E-state index contributed by atoms with van der Waals surface area (Å²) in [5.41, 5.74) is 4.41. The van der Waals surface area contributed by atoms with Gasteiger partial charge in [-0.25, -0.2) is 4.79 Å². The summed E-state index contributed by atoms with van der Waals surface area (Å²) in [5.74, 6) is -0.147. The summed E-state index contributed by atoms with van der Waals surface area (Å²) in [4.78, 5) is 20.2. The third-order valence-corrected chi connectivity index (χ3v) is 4.85. The molecule has 1 aromatic rings. The van der Waals surface area contributed by atoms with Crippen molar-refractivity contribution in [1.82, 2.24) is 10.4 Å². The maximum Gasteiger partial charge on any atom is 0.337 e. The molecule has 3 atom stereocenters. The molecule has 0 unspecified atom stereocenters. The maximum absolute atomic E-state index is 12.2. The van der Waals surface area contributed by atoms with Crippen molar-refractivity contribution >= 4 is 5.97 Å². The lowest BCUT2D eigenvalue weighted by molar-refractivity contribution is -0.158. The van der Waals surface area contributed by atoms with Gasteiger partial charge in [0.2, 0.25) is 0 Å². The fourth-order valence-electron chi connectivity index (χ4n) is 3.88. The Bertz CT molecular complexity index is 546. The number of fused-ring (bicyclic) bond motifs is 1. The molecule has 2 aliphatic rings. The minimum atomic E-state index is -0.516. The Morgan fingerprint density at radius 3 is 2.83 bits per heavy atom. The Morgan fingerprint density at radius 1 is 1.39 bits per heavy atom. The fraction of sp³-hybridized carbons (Fsp3) is 0.611. The monoisotopic (exact) mass is 318 g/mol. The highest BCUT2D eigenvalue weighted by atomic mass is 16.7. The van der Waals surface area contributed by atoms with E-state index in [2.05, 4.69) is 48.5 Å². The van der Waals surface area contributed by atoms with Gasteiger partial charge in [0.15, 0.2) is 6.10 Å². The van der Waals surface area contributed by atoms with Crippen molar-refractivity contribution in [1.29, 1.82) is 0 Å². The second-order valence-electron chi connectivity index (χ2n) is 7.19. The molecule has 5 heteroatoms. The highest BCUT2D eigenvalue weighted by Crippen LogP contribution is 2.39. The molecule has 2 saturated heterocycles. The summed E-state index contributed by atoms with van der Waals surface area (Å²) in [7, 11) is 0. The molecule has 0 saturated carbocycles. The van der Waals surface area contributed by atoms with Crippen LogP contribution in [0.4, 0.5) is 0 Å². The standard InChI is InChI=1S/C18H26N2O3/c1-4-22-17(21)15-14-11-20(10-13-8-6-5-7-9-13)12-18(2,3)16(14)19-23-15/h5-9,14-16,19H,4,10-12H2,1-3H3/t14-,15+,16+/m0/s1. The first-order chi connectivity index (χ1) is 11.0. The Balaban J connectivity index is 1.75. The van der Waals surface area contributed by atoms with Crippen LogP contribution in [-0.4, -0.2) is 42.7 Å². The lowest BCUT2D eigenvalue weighted by atomic mass is 9.72. The Kier molecular flexibility index (Phi) is 4.71. The number of hydroxylamine groups is 1. The summed E-state index contributed by atoms with van der Waals surface area (Å²) < 4.78 is 5.17. The molecule has 0 spiro atoms. The molecule has 0 aliphatic carbocycles. The van der Waals surface area contributed by atoms with Crippen LogP contribution in [0.15, 0.2) is 30.3 Å². The van der Waals surface area contributed by atoms with E-state index in [4.69, 9.17) is 9.57 Å². The van der Waals surface area contributed by atoms with Gasteiger partial charge in [-0.15, -0.1) is 0 Å². The van der Waals surface area contributed by atoms with Crippen LogP contribution in [0.25, 0.3) is 0 Å². The minimum Gasteiger partial charge on any atom is -0.464 e. The van der Waals surface area contributed by atoms with Crippen LogP contribution in [0.3, 0.4) is 0 Å². The number of carbonyl (C=O) groups excluding carboxylic acids is 1. The van der Waals surface area contributed by atoms with E-state index < -0.39 is 6.10 Å². The third kappa shape index (κ3) is 3.42. The number of hydrogen-bond acceptors (Lipinski definition) is 5. The normalized spacial score (nSPS) is 30.0. The van der Waals surface area contributed by atoms with Gasteiger partial charge in [-0.1, -0.05) is 44.2 Å². The van der Waals surface area contributed by atoms with Crippen molar-refractivity contribution in [3.63, 3.8) is 0 Å². The molecule has 2 fully saturated rings. The Labute approximate surface area is 137 Å². The van der Waals surface area contributed by atoms with Crippen LogP contribution in [-0.2, 0) is 20.9 Å². The van der Waals surface area contributed by atoms with Gasteiger partial charge in [0.25, 0.3) is 0 Å². The number of esters is 1. The molecule has 0 radical (unpaired) electrons. The van der Waals surface area contributed by atoms with Crippen molar-refractivity contribution in [3.05, 3.63) is 35.9 Å². The third-order valence-electron chi connectivity index (χ3n) is 4.85. The molecule has 2 aliphatic heterocycles. The lowest BCUT2D eigenvalue weighted by Crippen LogP contribution is -2.57. The van der Waals surface area contributed by atoms with E-state index in [1.165, 1.54) is 5.56 Å². The van der Waals surface area contributed by atoms with E-state index in [9.17, 15) is 4.79 Å². The van der Waals surface area contributed by atoms with E-state index in [1.54, 1.807) is 0 Å². The maximum atomic E-state index is 12.2. The first-order valence-corrected chi connectivity index (χ1v) is 8.35. The van der Waals surface area contributed by atoms with Gasteiger partial charge in [-0.3, -0.25) is 9.74 Å². The number of benzene rings is 1. The topological polar surface area (TPSA) is 50.8 Å². The van der Waals surface area contributed by atoms with Gasteiger partial charge in [-0.2, -0.15) is 5.48 Å². The molecule has 0 aromatic heterocycles. The van der Waals surface area contributed by atoms with Crippen LogP contribution < -0.4 is 5.48 Å². The predicted octanol–water partition coefficient (Wildman–Crippen LogP) is 1.98. The molecule has 1 N–H and O–H groups in total. The van der Waals surface area contributed by atoms with Crippen molar-refractivity contribution in [2.45, 2.75) is 39.5 Å². The smallest absolute Gasteiger partial charge is 0.337 e. The summed E-state index contributed by atoms with van der Waals surface area (Å²) in [6.45, 7) is 9.35. The summed E-state index contributed by atoms with van der Waals surface area (Å²) in [5, 5.41) is 0. The number of likely N-dealkylation sites (tertiary alicyclic amines) is 1. The van der Waals surface area contributed by atoms with Crippen LogP contribution in [0.5, 0.6) is 0 Å². The molecule has 0 amide bonds. The van der Waals surface area contributed by atoms with Gasteiger partial charge in [0.1, 0.15) is 0 Å². The first kappa shape index (κ1) is 16.4. The van der Waals surface area contributed by atoms with Crippen LogP contribution in [0.1, 0.15) is 26.3 Å². The number of hydrogen-bond donors (Lipinski definition) is 1. The first-order valence-electron chi connectivity index (χ1n) is 8.35. The van der Waals surface area contributed by atoms with Gasteiger partial charge < -0.3 is 4.74 Å². The molecule has 23 heavy (non-hydrogen) atoms. The zero-order valence-electron chi connectivity index (χ0n) is 14.1. The fourth-order valence-corrected chi connectivity index (χ4v) is 3.88. The molecular weight excluding hydrogens is 292 g/mol. The van der Waals surface area contributed by atoms with Crippen molar-refractivity contribution in [3.8, 4) is 0 Å². The predicted molar refractivity (Wildman–Crippen MR) is 87.4 cm³/mol. The van der Waals surface area contributed by atoms with Crippen LogP contribution >= 0.6 is 0 Å². The van der Waals surface area contributed by atoms with E-state index in [1.807, 2.05) is 13.0 Å². The minimum absolute atomic E-state index is 0.0267. The van der Waals surface area contributed by atoms with E-state index in [0.29, 0.717) is 6.61 Å². The largest absolute Gasteiger partial charge is 0.464 e. The Hall–Kier alpha value is -1.43. The zero-order valence-corrected chi connectivity index (χ0v) is 14.1. The SMILES string of the molecule is CCOC(=O)[C@@H]1ON[C@@H]2[C@H]1CN(Cc1ccccc1)CC2(C)C. The molecule has 2 heterocycles. The van der Waals surface area contributed by atoms with Crippen molar-refractivity contribution in [2.24, 2.45) is 11.3 Å². The molecule has 126 valence electrons. The molecule has 0 bridgehead atoms. The molecular formula is C18H26N2O3. The van der Waals surface area contributed by atoms with E-state index in [0.717, 1.165) is 19.6 Å². The molecule has 3 rings (SSSR count). The molecule has 5 nitrogen and oxygen atoms in total. The highest BCUT2D eigenvalue weighted by Gasteiger charge is 2.52. The number of rotatable bonds is 4. The number of nitrogens with zero attached hydrogens (tertiary/aromatic N) is 1. The zero-order chi connectivity index (χ0) is 16.4. The quantitative estimate of drug-likeness (QED) is 0.860. The average Bonchev–Trinajstić information content (AvgIpc) is 2.93. The second kappa shape index (κ2) is 6.59. The number of ether oxygens (including phenoxy) is 1. The Morgan fingerprint density at radius 2 is 2.13 bits per heavy atom. The number of nitrogens with one attached hydrogen (secondary N) is 1. The van der Waals surface area contributed by atoms with Crippen LogP contribution in [0.2, 0.25) is 0 Å². The van der Waals surface area contributed by atoms with Gasteiger partial charge >= 0.3 is 5.97 Å². The number of piperidine rings is 1. The highest BCUT2D eigenvalue weighted by molar-refractivity contribution is 5.75. The van der Waals surface area contributed by atoms with E-state index >= 15 is 0 Å². The molecule has 1 aromatic carbocycles. The van der Waals surface area contributed by atoms with Gasteiger partial charge in [0.05, 0.1) is 6.61 Å². The van der Waals surface area contributed by atoms with Gasteiger partial charge in [0, 0.05) is 31.6 Å². The van der Waals surface area contributed by atoms with Crippen molar-refractivity contribution in [2.75, 3.05) is 19.7 Å².